The van der Waals surface area contributed by atoms with Crippen molar-refractivity contribution in [3.63, 3.8) is 0 Å². The third-order valence-electron chi connectivity index (χ3n) is 2.27. The Bertz CT molecular complexity index is 580. The van der Waals surface area contributed by atoms with Gasteiger partial charge in [0.1, 0.15) is 12.6 Å². The third-order valence-corrected chi connectivity index (χ3v) is 2.95. The van der Waals surface area contributed by atoms with Crippen LogP contribution in [0.2, 0.25) is 0 Å². The molecular formula is C10H11N5O3S. The van der Waals surface area contributed by atoms with Gasteiger partial charge in [-0.05, 0) is 23.6 Å². The van der Waals surface area contributed by atoms with E-state index in [0.717, 1.165) is 10.4 Å². The first-order valence-corrected chi connectivity index (χ1v) is 6.33. The van der Waals surface area contributed by atoms with E-state index >= 15 is 0 Å². The second kappa shape index (κ2) is 5.57. The normalized spacial score (nSPS) is 12.1. The smallest absolute Gasteiger partial charge is 0.325 e. The molecule has 0 radical (unpaired) electrons. The summed E-state index contributed by atoms with van der Waals surface area (Å²) < 4.78 is 0. The molecule has 0 bridgehead atoms. The van der Waals surface area contributed by atoms with E-state index in [1.165, 1.54) is 18.3 Å². The first-order valence-electron chi connectivity index (χ1n) is 5.39. The fourth-order valence-electron chi connectivity index (χ4n) is 1.29. The van der Waals surface area contributed by atoms with Crippen LogP contribution in [-0.4, -0.2) is 43.2 Å². The predicted octanol–water partition coefficient (Wildman–Crippen LogP) is -0.00910. The maximum Gasteiger partial charge on any atom is 0.325 e. The van der Waals surface area contributed by atoms with Crippen LogP contribution in [0.4, 0.5) is 0 Å². The Kier molecular flexibility index (Phi) is 3.85. The summed E-state index contributed by atoms with van der Waals surface area (Å²) >= 11 is 1.51. The molecule has 0 saturated carbocycles. The maximum atomic E-state index is 11.5. The van der Waals surface area contributed by atoms with Crippen molar-refractivity contribution >= 4 is 23.2 Å². The summed E-state index contributed by atoms with van der Waals surface area (Å²) in [5.74, 6) is -1.15. The van der Waals surface area contributed by atoms with E-state index in [1.54, 1.807) is 0 Å². The minimum Gasteiger partial charge on any atom is -0.480 e. The summed E-state index contributed by atoms with van der Waals surface area (Å²) in [6.45, 7) is 1.21. The van der Waals surface area contributed by atoms with Crippen LogP contribution in [0, 0.1) is 0 Å². The van der Waals surface area contributed by atoms with Crippen LogP contribution in [-0.2, 0) is 16.1 Å². The van der Waals surface area contributed by atoms with Gasteiger partial charge in [-0.2, -0.15) is 16.1 Å². The van der Waals surface area contributed by atoms with Crippen LogP contribution < -0.4 is 5.32 Å². The zero-order valence-electron chi connectivity index (χ0n) is 9.98. The van der Waals surface area contributed by atoms with E-state index in [4.69, 9.17) is 5.11 Å². The highest BCUT2D eigenvalue weighted by Gasteiger charge is 2.15. The molecule has 9 heteroatoms. The first kappa shape index (κ1) is 13.1. The minimum absolute atomic E-state index is 0.172. The number of aliphatic carboxylic acids is 1. The van der Waals surface area contributed by atoms with Gasteiger partial charge < -0.3 is 10.4 Å². The number of hydrogen-bond acceptors (Lipinski definition) is 6. The van der Waals surface area contributed by atoms with Gasteiger partial charge in [0.2, 0.25) is 11.7 Å². The molecular weight excluding hydrogens is 270 g/mol. The van der Waals surface area contributed by atoms with Gasteiger partial charge in [-0.15, -0.1) is 10.2 Å². The summed E-state index contributed by atoms with van der Waals surface area (Å²) in [6, 6.07) is 0.894. The van der Waals surface area contributed by atoms with Crippen LogP contribution in [0.25, 0.3) is 11.4 Å². The van der Waals surface area contributed by atoms with Gasteiger partial charge >= 0.3 is 5.97 Å². The van der Waals surface area contributed by atoms with Crippen molar-refractivity contribution in [3.05, 3.63) is 16.8 Å². The van der Waals surface area contributed by atoms with E-state index < -0.39 is 17.9 Å². The van der Waals surface area contributed by atoms with Gasteiger partial charge in [-0.1, -0.05) is 0 Å². The number of hydrogen-bond donors (Lipinski definition) is 2. The van der Waals surface area contributed by atoms with E-state index in [-0.39, 0.29) is 6.54 Å². The van der Waals surface area contributed by atoms with Gasteiger partial charge in [0.25, 0.3) is 0 Å². The Labute approximate surface area is 112 Å². The van der Waals surface area contributed by atoms with Crippen LogP contribution in [0.5, 0.6) is 0 Å². The predicted molar refractivity (Wildman–Crippen MR) is 66.4 cm³/mol. The molecule has 1 atom stereocenters. The SMILES string of the molecule is CC(NC(=O)Cn1nnc(-c2ccsc2)n1)C(=O)O. The number of thiophene rings is 1. The van der Waals surface area contributed by atoms with Crippen LogP contribution in [0.15, 0.2) is 16.8 Å². The van der Waals surface area contributed by atoms with Gasteiger partial charge in [0.15, 0.2) is 0 Å². The monoisotopic (exact) mass is 281 g/mol. The molecule has 0 aliphatic rings. The zero-order valence-corrected chi connectivity index (χ0v) is 10.8. The molecule has 100 valence electrons. The highest BCUT2D eigenvalue weighted by atomic mass is 32.1. The van der Waals surface area contributed by atoms with Crippen molar-refractivity contribution < 1.29 is 14.7 Å². The number of nitrogens with one attached hydrogen (secondary N) is 1. The number of nitrogens with zero attached hydrogens (tertiary/aromatic N) is 4. The average molecular weight is 281 g/mol. The number of carboxylic acids is 1. The first-order chi connectivity index (χ1) is 9.06. The average Bonchev–Trinajstić information content (AvgIpc) is 2.97. The Hall–Kier alpha value is -2.29. The maximum absolute atomic E-state index is 11.5. The number of rotatable bonds is 5. The Morgan fingerprint density at radius 1 is 1.58 bits per heavy atom. The molecule has 0 fully saturated rings. The number of carbonyl (C=O) groups excluding carboxylic acids is 1. The van der Waals surface area contributed by atoms with Crippen LogP contribution >= 0.6 is 11.3 Å². The summed E-state index contributed by atoms with van der Waals surface area (Å²) in [5.41, 5.74) is 0.829. The Morgan fingerprint density at radius 2 is 2.37 bits per heavy atom. The number of amides is 1. The fourth-order valence-corrected chi connectivity index (χ4v) is 1.93. The number of aromatic nitrogens is 4. The molecule has 0 spiro atoms. The van der Waals surface area contributed by atoms with Crippen molar-refractivity contribution in [3.8, 4) is 11.4 Å². The second-order valence-electron chi connectivity index (χ2n) is 3.78. The van der Waals surface area contributed by atoms with Gasteiger partial charge in [-0.25, -0.2) is 0 Å². The largest absolute Gasteiger partial charge is 0.480 e. The lowest BCUT2D eigenvalue weighted by Crippen LogP contribution is -2.40. The molecule has 1 amide bonds. The minimum atomic E-state index is -1.10. The quantitative estimate of drug-likeness (QED) is 0.797. The summed E-state index contributed by atoms with van der Waals surface area (Å²) in [6.07, 6.45) is 0. The molecule has 1 unspecified atom stereocenters. The molecule has 8 nitrogen and oxygen atoms in total. The molecule has 19 heavy (non-hydrogen) atoms. The zero-order chi connectivity index (χ0) is 13.8. The number of tetrazole rings is 1. The van der Waals surface area contributed by atoms with Crippen molar-refractivity contribution in [2.45, 2.75) is 19.5 Å². The molecule has 2 heterocycles. The van der Waals surface area contributed by atoms with E-state index in [1.807, 2.05) is 16.8 Å². The van der Waals surface area contributed by atoms with Crippen LogP contribution in [0.1, 0.15) is 6.92 Å². The van der Waals surface area contributed by atoms with E-state index in [9.17, 15) is 9.59 Å². The van der Waals surface area contributed by atoms with Crippen molar-refractivity contribution in [1.82, 2.24) is 25.5 Å². The third kappa shape index (κ3) is 3.35. The summed E-state index contributed by atoms with van der Waals surface area (Å²) in [4.78, 5) is 23.2. The number of carbonyl (C=O) groups is 2. The number of carboxylic acid groups (broad SMARTS) is 1. The Morgan fingerprint density at radius 3 is 3.00 bits per heavy atom. The lowest BCUT2D eigenvalue weighted by Gasteiger charge is -2.07. The molecule has 0 aliphatic heterocycles. The van der Waals surface area contributed by atoms with Gasteiger partial charge in [0, 0.05) is 10.9 Å². The fraction of sp³-hybridized carbons (Fsp3) is 0.300. The molecule has 2 N–H and O–H groups in total. The summed E-state index contributed by atoms with van der Waals surface area (Å²) in [5, 5.41) is 26.3. The van der Waals surface area contributed by atoms with Crippen LogP contribution in [0.3, 0.4) is 0 Å². The Balaban J connectivity index is 1.97. The molecule has 2 aromatic heterocycles. The highest BCUT2D eigenvalue weighted by molar-refractivity contribution is 7.08. The molecule has 0 saturated heterocycles. The standard InChI is InChI=1S/C10H11N5O3S/c1-6(10(17)18)11-8(16)4-15-13-9(12-14-15)7-2-3-19-5-7/h2-3,5-6H,4H2,1H3,(H,11,16)(H,17,18). The molecule has 2 rings (SSSR count). The second-order valence-corrected chi connectivity index (χ2v) is 4.56. The van der Waals surface area contributed by atoms with Gasteiger partial charge in [-0.3, -0.25) is 9.59 Å². The van der Waals surface area contributed by atoms with Gasteiger partial charge in [0.05, 0.1) is 0 Å². The molecule has 2 aromatic rings. The highest BCUT2D eigenvalue weighted by Crippen LogP contribution is 2.16. The van der Waals surface area contributed by atoms with E-state index in [0.29, 0.717) is 5.82 Å². The van der Waals surface area contributed by atoms with Crippen molar-refractivity contribution in [2.24, 2.45) is 0 Å². The molecule has 0 aliphatic carbocycles. The lowest BCUT2D eigenvalue weighted by atomic mass is 10.3. The lowest BCUT2D eigenvalue weighted by molar-refractivity contribution is -0.141. The van der Waals surface area contributed by atoms with E-state index in [2.05, 4.69) is 20.7 Å². The summed E-state index contributed by atoms with van der Waals surface area (Å²) in [7, 11) is 0. The van der Waals surface area contributed by atoms with Crippen molar-refractivity contribution in [2.75, 3.05) is 0 Å². The topological polar surface area (TPSA) is 110 Å². The molecule has 0 aromatic carbocycles. The van der Waals surface area contributed by atoms with Crippen molar-refractivity contribution in [1.29, 1.82) is 0 Å².